The normalized spacial score (nSPS) is 33.7. The summed E-state index contributed by atoms with van der Waals surface area (Å²) in [4.78, 5) is 16.7. The van der Waals surface area contributed by atoms with Crippen LogP contribution in [-0.2, 0) is 14.6 Å². The second-order valence-electron chi connectivity index (χ2n) is 6.88. The van der Waals surface area contributed by atoms with Gasteiger partial charge >= 0.3 is 0 Å². The topological polar surface area (TPSA) is 70.8 Å². The van der Waals surface area contributed by atoms with Crippen molar-refractivity contribution in [2.45, 2.75) is 24.8 Å². The van der Waals surface area contributed by atoms with Gasteiger partial charge in [0.15, 0.2) is 9.84 Å². The van der Waals surface area contributed by atoms with Crippen molar-refractivity contribution in [1.29, 1.82) is 0 Å². The average Bonchev–Trinajstić information content (AvgIpc) is 2.98. The lowest BCUT2D eigenvalue weighted by atomic mass is 10.1. The highest BCUT2D eigenvalue weighted by Gasteiger charge is 2.48. The van der Waals surface area contributed by atoms with Crippen molar-refractivity contribution in [3.63, 3.8) is 0 Å². The minimum absolute atomic E-state index is 0.0690. The molecule has 0 aromatic carbocycles. The molecule has 6 nitrogen and oxygen atoms in total. The van der Waals surface area contributed by atoms with Gasteiger partial charge < -0.3 is 9.32 Å². The fraction of sp³-hybridized carbons (Fsp3) is 0.688. The van der Waals surface area contributed by atoms with Gasteiger partial charge in [-0.15, -0.1) is 0 Å². The highest BCUT2D eigenvalue weighted by Crippen LogP contribution is 2.48. The fourth-order valence-corrected chi connectivity index (χ4v) is 5.65. The van der Waals surface area contributed by atoms with Crippen LogP contribution in [0.2, 0.25) is 0 Å². The van der Waals surface area contributed by atoms with Gasteiger partial charge in [0, 0.05) is 44.1 Å². The fourth-order valence-electron chi connectivity index (χ4n) is 3.89. The number of sulfone groups is 1. The molecule has 3 heterocycles. The van der Waals surface area contributed by atoms with Crippen LogP contribution in [0.25, 0.3) is 0 Å². The number of rotatable bonds is 3. The molecule has 0 radical (unpaired) electrons. The molecule has 7 heteroatoms. The summed E-state index contributed by atoms with van der Waals surface area (Å²) in [6.07, 6.45) is 3.27. The van der Waals surface area contributed by atoms with Gasteiger partial charge in [-0.05, 0) is 25.0 Å². The first kappa shape index (κ1) is 15.2. The monoisotopic (exact) mass is 338 g/mol. The van der Waals surface area contributed by atoms with Gasteiger partial charge in [0.05, 0.1) is 17.8 Å². The molecule has 3 fully saturated rings. The lowest BCUT2D eigenvalue weighted by Crippen LogP contribution is -2.52. The second-order valence-corrected chi connectivity index (χ2v) is 9.11. The minimum Gasteiger partial charge on any atom is -0.469 e. The first-order chi connectivity index (χ1) is 11.0. The minimum atomic E-state index is -2.84. The molecule has 2 saturated heterocycles. The number of furan rings is 1. The molecule has 4 rings (SSSR count). The Morgan fingerprint density at radius 2 is 2.00 bits per heavy atom. The van der Waals surface area contributed by atoms with Crippen LogP contribution < -0.4 is 0 Å². The van der Waals surface area contributed by atoms with Crippen LogP contribution >= 0.6 is 0 Å². The Hall–Kier alpha value is -1.34. The number of hydrogen-bond acceptors (Lipinski definition) is 5. The molecule has 126 valence electrons. The molecule has 1 aliphatic carbocycles. The predicted octanol–water partition coefficient (Wildman–Crippen LogP) is 0.714. The van der Waals surface area contributed by atoms with E-state index in [1.165, 1.54) is 0 Å². The summed E-state index contributed by atoms with van der Waals surface area (Å²) in [5.41, 5.74) is 0. The van der Waals surface area contributed by atoms with E-state index in [4.69, 9.17) is 4.42 Å². The van der Waals surface area contributed by atoms with Crippen LogP contribution in [0.5, 0.6) is 0 Å². The summed E-state index contributed by atoms with van der Waals surface area (Å²) in [5.74, 6) is 2.05. The maximum Gasteiger partial charge on any atom is 0.226 e. The summed E-state index contributed by atoms with van der Waals surface area (Å²) in [6.45, 7) is 2.97. The third-order valence-corrected chi connectivity index (χ3v) is 7.12. The molecule has 3 atom stereocenters. The highest BCUT2D eigenvalue weighted by atomic mass is 32.2. The Kier molecular flexibility index (Phi) is 3.72. The summed E-state index contributed by atoms with van der Waals surface area (Å²) in [6, 6.07) is 3.95. The Morgan fingerprint density at radius 3 is 2.61 bits per heavy atom. The van der Waals surface area contributed by atoms with Gasteiger partial charge in [-0.3, -0.25) is 9.69 Å². The van der Waals surface area contributed by atoms with Crippen LogP contribution in [-0.4, -0.2) is 67.9 Å². The summed E-state index contributed by atoms with van der Waals surface area (Å²) in [5, 5.41) is 0. The Morgan fingerprint density at radius 1 is 1.22 bits per heavy atom. The molecule has 1 aromatic heterocycles. The third kappa shape index (κ3) is 3.04. The van der Waals surface area contributed by atoms with Crippen molar-refractivity contribution in [3.05, 3.63) is 24.2 Å². The SMILES string of the molecule is O=C(C1CC1c1ccco1)N1CCN(C2CCS(=O)(=O)C2)CC1. The smallest absolute Gasteiger partial charge is 0.226 e. The lowest BCUT2D eigenvalue weighted by Gasteiger charge is -2.37. The summed E-state index contributed by atoms with van der Waals surface area (Å²) < 4.78 is 28.6. The average molecular weight is 338 g/mol. The molecule has 0 bridgehead atoms. The Balaban J connectivity index is 1.29. The van der Waals surface area contributed by atoms with E-state index in [9.17, 15) is 13.2 Å². The maximum atomic E-state index is 12.6. The molecular weight excluding hydrogens is 316 g/mol. The standard InChI is InChI=1S/C16H22N2O4S/c19-16(14-10-13(14)15-2-1-8-22-15)18-6-4-17(5-7-18)12-3-9-23(20,21)11-12/h1-2,8,12-14H,3-7,9-11H2. The van der Waals surface area contributed by atoms with Gasteiger partial charge in [-0.1, -0.05) is 0 Å². The summed E-state index contributed by atoms with van der Waals surface area (Å²) >= 11 is 0. The zero-order valence-electron chi connectivity index (χ0n) is 13.1. The molecule has 3 unspecified atom stereocenters. The number of carbonyl (C=O) groups excluding carboxylic acids is 1. The third-order valence-electron chi connectivity index (χ3n) is 5.37. The Labute approximate surface area is 136 Å². The molecule has 0 N–H and O–H groups in total. The second kappa shape index (κ2) is 5.63. The van der Waals surface area contributed by atoms with E-state index in [0.29, 0.717) is 18.8 Å². The van der Waals surface area contributed by atoms with Gasteiger partial charge in [-0.25, -0.2) is 8.42 Å². The zero-order valence-corrected chi connectivity index (χ0v) is 13.9. The van der Waals surface area contributed by atoms with Crippen molar-refractivity contribution in [2.24, 2.45) is 5.92 Å². The van der Waals surface area contributed by atoms with Crippen molar-refractivity contribution in [1.82, 2.24) is 9.80 Å². The van der Waals surface area contributed by atoms with Crippen molar-refractivity contribution in [3.8, 4) is 0 Å². The van der Waals surface area contributed by atoms with E-state index >= 15 is 0 Å². The highest BCUT2D eigenvalue weighted by molar-refractivity contribution is 7.91. The van der Waals surface area contributed by atoms with Gasteiger partial charge in [0.2, 0.25) is 5.91 Å². The van der Waals surface area contributed by atoms with Gasteiger partial charge in [0.1, 0.15) is 5.76 Å². The quantitative estimate of drug-likeness (QED) is 0.812. The molecule has 1 saturated carbocycles. The number of nitrogens with zero attached hydrogens (tertiary/aromatic N) is 2. The Bertz CT molecular complexity index is 677. The zero-order chi connectivity index (χ0) is 16.0. The van der Waals surface area contributed by atoms with Gasteiger partial charge in [0.25, 0.3) is 0 Å². The van der Waals surface area contributed by atoms with Crippen LogP contribution in [0.1, 0.15) is 24.5 Å². The van der Waals surface area contributed by atoms with E-state index < -0.39 is 9.84 Å². The molecule has 1 amide bonds. The largest absolute Gasteiger partial charge is 0.469 e. The number of carbonyl (C=O) groups is 1. The van der Waals surface area contributed by atoms with Crippen LogP contribution in [0.3, 0.4) is 0 Å². The number of amides is 1. The number of piperazine rings is 1. The lowest BCUT2D eigenvalue weighted by molar-refractivity contribution is -0.134. The van der Waals surface area contributed by atoms with E-state index in [2.05, 4.69) is 4.90 Å². The van der Waals surface area contributed by atoms with Crippen molar-refractivity contribution in [2.75, 3.05) is 37.7 Å². The number of hydrogen-bond donors (Lipinski definition) is 0. The molecule has 23 heavy (non-hydrogen) atoms. The predicted molar refractivity (Wildman–Crippen MR) is 84.8 cm³/mol. The maximum absolute atomic E-state index is 12.6. The molecule has 3 aliphatic rings. The van der Waals surface area contributed by atoms with E-state index in [0.717, 1.165) is 31.7 Å². The van der Waals surface area contributed by atoms with E-state index in [1.54, 1.807) is 6.26 Å². The van der Waals surface area contributed by atoms with E-state index in [-0.39, 0.29) is 29.5 Å². The summed E-state index contributed by atoms with van der Waals surface area (Å²) in [7, 11) is -2.84. The molecular formula is C16H22N2O4S. The first-order valence-electron chi connectivity index (χ1n) is 8.30. The molecule has 1 aromatic rings. The first-order valence-corrected chi connectivity index (χ1v) is 10.1. The molecule has 0 spiro atoms. The van der Waals surface area contributed by atoms with Crippen molar-refractivity contribution < 1.29 is 17.6 Å². The molecule has 2 aliphatic heterocycles. The van der Waals surface area contributed by atoms with Gasteiger partial charge in [-0.2, -0.15) is 0 Å². The van der Waals surface area contributed by atoms with Crippen LogP contribution in [0.4, 0.5) is 0 Å². The van der Waals surface area contributed by atoms with Crippen molar-refractivity contribution >= 4 is 15.7 Å². The van der Waals surface area contributed by atoms with Crippen LogP contribution in [0.15, 0.2) is 22.8 Å². The van der Waals surface area contributed by atoms with E-state index in [1.807, 2.05) is 17.0 Å². The van der Waals surface area contributed by atoms with Crippen LogP contribution in [0, 0.1) is 5.92 Å².